The molecule has 0 bridgehead atoms. The molecule has 1 aromatic carbocycles. The van der Waals surface area contributed by atoms with Crippen LogP contribution in [0, 0.1) is 5.82 Å². The number of hydrogen-bond donors (Lipinski definition) is 1. The Morgan fingerprint density at radius 3 is 2.13 bits per heavy atom. The van der Waals surface area contributed by atoms with Crippen molar-refractivity contribution < 1.29 is 31.6 Å². The van der Waals surface area contributed by atoms with Gasteiger partial charge in [0.05, 0.1) is 5.66 Å². The lowest BCUT2D eigenvalue weighted by Crippen LogP contribution is -2.29. The summed E-state index contributed by atoms with van der Waals surface area (Å²) in [6.07, 6.45) is 0.0777. The maximum absolute atomic E-state index is 13.6. The van der Waals surface area contributed by atoms with E-state index < -0.39 is 32.5 Å². The molecule has 0 aliphatic carbocycles. The summed E-state index contributed by atoms with van der Waals surface area (Å²) in [7, 11) is -2.01. The molecule has 7 nitrogen and oxygen atoms in total. The Bertz CT molecular complexity index is 654. The van der Waals surface area contributed by atoms with Gasteiger partial charge in [-0.05, 0) is 30.2 Å². The fourth-order valence-corrected chi connectivity index (χ4v) is 5.96. The molecule has 2 rings (SSSR count). The summed E-state index contributed by atoms with van der Waals surface area (Å²) in [6, 6.07) is 3.99. The first-order valence-corrected chi connectivity index (χ1v) is 10.0. The number of rotatable bonds is 6. The van der Waals surface area contributed by atoms with Crippen LogP contribution in [0.15, 0.2) is 18.2 Å². The van der Waals surface area contributed by atoms with E-state index >= 15 is 0 Å². The average Bonchev–Trinajstić information content (AvgIpc) is 2.59. The predicted octanol–water partition coefficient (Wildman–Crippen LogP) is 3.98. The van der Waals surface area contributed by atoms with Crippen LogP contribution in [0.3, 0.4) is 0 Å². The van der Waals surface area contributed by atoms with Gasteiger partial charge in [-0.3, -0.25) is 9.13 Å². The van der Waals surface area contributed by atoms with Gasteiger partial charge in [-0.2, -0.15) is 0 Å². The van der Waals surface area contributed by atoms with Crippen molar-refractivity contribution in [3.63, 3.8) is 0 Å². The molecule has 0 saturated heterocycles. The smallest absolute Gasteiger partial charge is 0.352 e. The van der Waals surface area contributed by atoms with E-state index in [9.17, 15) is 13.5 Å². The second-order valence-corrected chi connectivity index (χ2v) is 9.82. The Kier molecular flexibility index (Phi) is 5.67. The van der Waals surface area contributed by atoms with Crippen molar-refractivity contribution in [2.45, 2.75) is 17.9 Å². The summed E-state index contributed by atoms with van der Waals surface area (Å²) < 4.78 is 59.3. The Morgan fingerprint density at radius 1 is 1.04 bits per heavy atom. The molecule has 1 aromatic rings. The van der Waals surface area contributed by atoms with Gasteiger partial charge in [0.2, 0.25) is 0 Å². The maximum Gasteiger partial charge on any atom is 0.352 e. The molecule has 1 heterocycles. The fourth-order valence-electron chi connectivity index (χ4n) is 2.68. The van der Waals surface area contributed by atoms with Crippen LogP contribution in [0.25, 0.3) is 0 Å². The van der Waals surface area contributed by atoms with Gasteiger partial charge in [0.25, 0.3) is 0 Å². The SMILES string of the molecule is COP(=O)(OC)C1CC(P(=O)(OC)OC)c2cc(F)ccc2N1. The largest absolute Gasteiger partial charge is 0.371 e. The van der Waals surface area contributed by atoms with Crippen molar-refractivity contribution >= 4 is 20.9 Å². The molecule has 10 heteroatoms. The summed E-state index contributed by atoms with van der Waals surface area (Å²) in [6.45, 7) is 0. The maximum atomic E-state index is 13.6. The summed E-state index contributed by atoms with van der Waals surface area (Å²) in [5.41, 5.74) is 0.122. The molecule has 2 unspecified atom stereocenters. The number of fused-ring (bicyclic) bond motifs is 1. The van der Waals surface area contributed by atoms with Gasteiger partial charge in [-0.1, -0.05) is 0 Å². The van der Waals surface area contributed by atoms with Gasteiger partial charge >= 0.3 is 15.2 Å². The summed E-state index contributed by atoms with van der Waals surface area (Å²) in [4.78, 5) is 0. The highest BCUT2D eigenvalue weighted by molar-refractivity contribution is 7.55. The zero-order valence-electron chi connectivity index (χ0n) is 13.3. The molecular weight excluding hydrogens is 347 g/mol. The Labute approximate surface area is 134 Å². The van der Waals surface area contributed by atoms with Crippen LogP contribution in [0.5, 0.6) is 0 Å². The lowest BCUT2D eigenvalue weighted by Gasteiger charge is -2.37. The van der Waals surface area contributed by atoms with E-state index in [-0.39, 0.29) is 6.42 Å². The number of nitrogens with one attached hydrogen (secondary N) is 1. The first-order valence-electron chi connectivity index (χ1n) is 6.82. The second kappa shape index (κ2) is 7.01. The number of anilines is 1. The summed E-state index contributed by atoms with van der Waals surface area (Å²) >= 11 is 0. The first kappa shape index (κ1) is 18.6. The highest BCUT2D eigenvalue weighted by Gasteiger charge is 2.47. The summed E-state index contributed by atoms with van der Waals surface area (Å²) in [5, 5.41) is 3.00. The van der Waals surface area contributed by atoms with Crippen molar-refractivity contribution in [2.75, 3.05) is 33.8 Å². The van der Waals surface area contributed by atoms with E-state index in [1.54, 1.807) is 0 Å². The number of hydrogen-bond acceptors (Lipinski definition) is 7. The van der Waals surface area contributed by atoms with Gasteiger partial charge in [-0.25, -0.2) is 4.39 Å². The lowest BCUT2D eigenvalue weighted by molar-refractivity contribution is 0.253. The third-order valence-corrected chi connectivity index (χ3v) is 8.31. The molecule has 1 aliphatic rings. The fraction of sp³-hybridized carbons (Fsp3) is 0.538. The third kappa shape index (κ3) is 3.38. The average molecular weight is 367 g/mol. The van der Waals surface area contributed by atoms with E-state index in [0.29, 0.717) is 11.3 Å². The van der Waals surface area contributed by atoms with Gasteiger partial charge < -0.3 is 23.4 Å². The zero-order chi connectivity index (χ0) is 17.3. The van der Waals surface area contributed by atoms with Gasteiger partial charge in [0, 0.05) is 34.1 Å². The number of benzene rings is 1. The first-order chi connectivity index (χ1) is 10.8. The zero-order valence-corrected chi connectivity index (χ0v) is 15.1. The predicted molar refractivity (Wildman–Crippen MR) is 84.4 cm³/mol. The molecule has 0 amide bonds. The third-order valence-electron chi connectivity index (χ3n) is 3.92. The van der Waals surface area contributed by atoms with E-state index in [1.165, 1.54) is 46.6 Å². The summed E-state index contributed by atoms with van der Waals surface area (Å²) in [5.74, 6) is -1.24. The molecule has 0 aromatic heterocycles. The standard InChI is InChI=1S/C13H20FNO6P2/c1-18-22(16,19-2)12-8-13(23(17,20-3)21-4)15-11-6-5-9(14)7-10(11)12/h5-7,12-13,15H,8H2,1-4H3. The van der Waals surface area contributed by atoms with Crippen LogP contribution in [-0.4, -0.2) is 34.2 Å². The minimum absolute atomic E-state index is 0.0777. The van der Waals surface area contributed by atoms with Crippen molar-refractivity contribution in [1.29, 1.82) is 0 Å². The van der Waals surface area contributed by atoms with Gasteiger partial charge in [0.15, 0.2) is 0 Å². The van der Waals surface area contributed by atoms with Crippen LogP contribution in [0.1, 0.15) is 17.6 Å². The van der Waals surface area contributed by atoms with Crippen LogP contribution in [0.2, 0.25) is 0 Å². The minimum atomic E-state index is -3.58. The molecule has 2 atom stereocenters. The van der Waals surface area contributed by atoms with Gasteiger partial charge in [0.1, 0.15) is 11.6 Å². The molecule has 0 radical (unpaired) electrons. The molecule has 23 heavy (non-hydrogen) atoms. The minimum Gasteiger partial charge on any atom is -0.371 e. The van der Waals surface area contributed by atoms with E-state index in [2.05, 4.69) is 5.32 Å². The van der Waals surface area contributed by atoms with Crippen molar-refractivity contribution in [3.8, 4) is 0 Å². The normalized spacial score (nSPS) is 21.6. The Balaban J connectivity index is 2.55. The Hall–Kier alpha value is -0.750. The van der Waals surface area contributed by atoms with Crippen molar-refractivity contribution in [2.24, 2.45) is 0 Å². The monoisotopic (exact) mass is 367 g/mol. The van der Waals surface area contributed by atoms with E-state index in [0.717, 1.165) is 0 Å². The van der Waals surface area contributed by atoms with E-state index in [4.69, 9.17) is 18.1 Å². The highest BCUT2D eigenvalue weighted by Crippen LogP contribution is 2.67. The Morgan fingerprint density at radius 2 is 1.61 bits per heavy atom. The number of halogens is 1. The molecule has 1 N–H and O–H groups in total. The quantitative estimate of drug-likeness (QED) is 0.762. The molecule has 130 valence electrons. The van der Waals surface area contributed by atoms with Crippen LogP contribution >= 0.6 is 15.2 Å². The highest BCUT2D eigenvalue weighted by atomic mass is 31.2. The lowest BCUT2D eigenvalue weighted by atomic mass is 10.0. The van der Waals surface area contributed by atoms with Crippen LogP contribution in [-0.2, 0) is 27.2 Å². The molecule has 0 fully saturated rings. The second-order valence-electron chi connectivity index (χ2n) is 4.95. The van der Waals surface area contributed by atoms with Crippen molar-refractivity contribution in [1.82, 2.24) is 0 Å². The van der Waals surface area contributed by atoms with Crippen LogP contribution < -0.4 is 5.32 Å². The van der Waals surface area contributed by atoms with Crippen molar-refractivity contribution in [3.05, 3.63) is 29.6 Å². The van der Waals surface area contributed by atoms with Crippen LogP contribution in [0.4, 0.5) is 10.1 Å². The molecule has 0 saturated carbocycles. The molecule has 1 aliphatic heterocycles. The molecular formula is C13H20FNO6P2. The van der Waals surface area contributed by atoms with E-state index in [1.807, 2.05) is 0 Å². The molecule has 0 spiro atoms. The van der Waals surface area contributed by atoms with Gasteiger partial charge in [-0.15, -0.1) is 0 Å². The topological polar surface area (TPSA) is 83.1 Å².